The van der Waals surface area contributed by atoms with Gasteiger partial charge in [-0.3, -0.25) is 0 Å². The summed E-state index contributed by atoms with van der Waals surface area (Å²) < 4.78 is 16.4. The fraction of sp³-hybridized carbons (Fsp3) is 0.556. The minimum absolute atomic E-state index is 0.788. The Labute approximate surface area is 88.8 Å². The van der Waals surface area contributed by atoms with Gasteiger partial charge in [0.1, 0.15) is 0 Å². The van der Waals surface area contributed by atoms with E-state index in [0.29, 0.717) is 0 Å². The smallest absolute Gasteiger partial charge is 0.334 e. The summed E-state index contributed by atoms with van der Waals surface area (Å²) in [6.07, 6.45) is 0. The van der Waals surface area contributed by atoms with Crippen LogP contribution in [0, 0.1) is 0 Å². The Morgan fingerprint density at radius 2 is 1.43 bits per heavy atom. The molecular weight excluding hydrogens is 212 g/mol. The average molecular weight is 232 g/mol. The van der Waals surface area contributed by atoms with Crippen molar-refractivity contribution in [3.8, 4) is 0 Å². The molecule has 0 atom stereocenters. The molecule has 0 N–H and O–H groups in total. The molecule has 0 fully saturated rings. The third-order valence-electron chi connectivity index (χ3n) is 2.53. The summed E-state index contributed by atoms with van der Waals surface area (Å²) in [5.74, 6) is 0. The van der Waals surface area contributed by atoms with Crippen LogP contribution >= 0.6 is 0 Å². The SMILES string of the molecule is C=C[Si](C=C)(C[Si](C)(OC)OC)OC. The Bertz CT molecular complexity index is 194. The second-order valence-electron chi connectivity index (χ2n) is 3.29. The number of rotatable bonds is 7. The molecule has 0 aromatic rings. The maximum absolute atomic E-state index is 5.51. The molecule has 0 saturated heterocycles. The zero-order valence-electron chi connectivity index (χ0n) is 9.50. The van der Waals surface area contributed by atoms with Gasteiger partial charge in [0.2, 0.25) is 8.32 Å². The normalized spacial score (nSPS) is 12.6. The van der Waals surface area contributed by atoms with Gasteiger partial charge in [-0.25, -0.2) is 0 Å². The number of hydrogen-bond acceptors (Lipinski definition) is 3. The van der Waals surface area contributed by atoms with Gasteiger partial charge in [0.05, 0.1) is 0 Å². The zero-order chi connectivity index (χ0) is 11.2. The van der Waals surface area contributed by atoms with Crippen LogP contribution in [0.5, 0.6) is 0 Å². The molecule has 0 saturated carbocycles. The quantitative estimate of drug-likeness (QED) is 0.628. The zero-order valence-corrected chi connectivity index (χ0v) is 11.5. The molecule has 3 nitrogen and oxygen atoms in total. The van der Waals surface area contributed by atoms with Gasteiger partial charge in [0.25, 0.3) is 0 Å². The lowest BCUT2D eigenvalue weighted by Crippen LogP contribution is -2.48. The molecule has 0 aliphatic rings. The first kappa shape index (κ1) is 13.8. The highest BCUT2D eigenvalue weighted by molar-refractivity contribution is 6.94. The fourth-order valence-corrected chi connectivity index (χ4v) is 8.76. The Kier molecular flexibility index (Phi) is 5.54. The van der Waals surface area contributed by atoms with Crippen LogP contribution in [0.15, 0.2) is 24.6 Å². The van der Waals surface area contributed by atoms with Gasteiger partial charge < -0.3 is 13.3 Å². The minimum Gasteiger partial charge on any atom is -0.412 e. The second-order valence-corrected chi connectivity index (χ2v) is 10.9. The van der Waals surface area contributed by atoms with Gasteiger partial charge in [0, 0.05) is 27.0 Å². The highest BCUT2D eigenvalue weighted by Crippen LogP contribution is 2.23. The van der Waals surface area contributed by atoms with Gasteiger partial charge in [-0.2, -0.15) is 0 Å². The molecule has 0 aliphatic heterocycles. The Balaban J connectivity index is 4.73. The van der Waals surface area contributed by atoms with Gasteiger partial charge in [-0.1, -0.05) is 11.4 Å². The van der Waals surface area contributed by atoms with Crippen LogP contribution in [0.2, 0.25) is 12.2 Å². The first-order valence-corrected chi connectivity index (χ1v) is 9.23. The monoisotopic (exact) mass is 232 g/mol. The molecule has 0 heterocycles. The van der Waals surface area contributed by atoms with Crippen LogP contribution in [0.3, 0.4) is 0 Å². The third kappa shape index (κ3) is 3.18. The van der Waals surface area contributed by atoms with Crippen LogP contribution in [-0.2, 0) is 13.3 Å². The summed E-state index contributed by atoms with van der Waals surface area (Å²) in [5, 5.41) is 0. The molecule has 0 unspecified atom stereocenters. The maximum Gasteiger partial charge on any atom is 0.334 e. The van der Waals surface area contributed by atoms with E-state index in [1.54, 1.807) is 21.3 Å². The van der Waals surface area contributed by atoms with Crippen molar-refractivity contribution in [3.05, 3.63) is 24.6 Å². The molecule has 0 spiro atoms. The van der Waals surface area contributed by atoms with E-state index in [2.05, 4.69) is 13.2 Å². The highest BCUT2D eigenvalue weighted by atomic mass is 28.4. The molecule has 0 aliphatic carbocycles. The van der Waals surface area contributed by atoms with Crippen LogP contribution < -0.4 is 0 Å². The van der Waals surface area contributed by atoms with Crippen LogP contribution in [0.25, 0.3) is 0 Å². The summed E-state index contributed by atoms with van der Waals surface area (Å²) in [6.45, 7) is 9.62. The minimum atomic E-state index is -2.10. The van der Waals surface area contributed by atoms with E-state index in [1.165, 1.54) is 0 Å². The van der Waals surface area contributed by atoms with E-state index < -0.39 is 16.9 Å². The van der Waals surface area contributed by atoms with E-state index in [0.717, 1.165) is 5.67 Å². The fourth-order valence-electron chi connectivity index (χ4n) is 1.20. The topological polar surface area (TPSA) is 27.7 Å². The predicted molar refractivity (Wildman–Crippen MR) is 63.6 cm³/mol. The van der Waals surface area contributed by atoms with Gasteiger partial charge in [-0.05, 0) is 6.55 Å². The molecule has 0 rings (SSSR count). The van der Waals surface area contributed by atoms with Crippen molar-refractivity contribution in [2.75, 3.05) is 21.3 Å². The Hall–Kier alpha value is -0.206. The van der Waals surface area contributed by atoms with Crippen LogP contribution in [-0.4, -0.2) is 38.2 Å². The lowest BCUT2D eigenvalue weighted by Gasteiger charge is -2.31. The predicted octanol–water partition coefficient (Wildman–Crippen LogP) is 1.93. The van der Waals surface area contributed by atoms with Gasteiger partial charge in [0.15, 0.2) is 0 Å². The van der Waals surface area contributed by atoms with Crippen molar-refractivity contribution in [1.29, 1.82) is 0 Å². The summed E-state index contributed by atoms with van der Waals surface area (Å²) >= 11 is 0. The van der Waals surface area contributed by atoms with Crippen molar-refractivity contribution in [3.63, 3.8) is 0 Å². The van der Waals surface area contributed by atoms with Crippen molar-refractivity contribution in [1.82, 2.24) is 0 Å². The molecule has 0 aromatic carbocycles. The van der Waals surface area contributed by atoms with Crippen molar-refractivity contribution in [2.24, 2.45) is 0 Å². The Morgan fingerprint density at radius 3 is 1.64 bits per heavy atom. The second kappa shape index (κ2) is 5.62. The maximum atomic E-state index is 5.51. The average Bonchev–Trinajstić information content (AvgIpc) is 2.26. The summed E-state index contributed by atoms with van der Waals surface area (Å²) in [6, 6.07) is 0. The standard InChI is InChI=1S/C9H20O3Si2/c1-7-14(8-2,12-5)9-13(6,10-3)11-4/h7-8H,1-2,9H2,3-6H3. The van der Waals surface area contributed by atoms with Crippen molar-refractivity contribution < 1.29 is 13.3 Å². The molecule has 0 aromatic heterocycles. The molecular formula is C9H20O3Si2. The molecule has 14 heavy (non-hydrogen) atoms. The highest BCUT2D eigenvalue weighted by Gasteiger charge is 2.41. The summed E-state index contributed by atoms with van der Waals surface area (Å²) in [4.78, 5) is 0. The first-order chi connectivity index (χ1) is 6.51. The van der Waals surface area contributed by atoms with E-state index >= 15 is 0 Å². The van der Waals surface area contributed by atoms with Gasteiger partial charge >= 0.3 is 8.56 Å². The third-order valence-corrected chi connectivity index (χ3v) is 11.2. The van der Waals surface area contributed by atoms with Crippen LogP contribution in [0.4, 0.5) is 0 Å². The van der Waals surface area contributed by atoms with Crippen LogP contribution in [0.1, 0.15) is 0 Å². The van der Waals surface area contributed by atoms with Crippen molar-refractivity contribution >= 4 is 16.9 Å². The van der Waals surface area contributed by atoms with E-state index in [1.807, 2.05) is 17.9 Å². The van der Waals surface area contributed by atoms with Gasteiger partial charge in [-0.15, -0.1) is 13.2 Å². The van der Waals surface area contributed by atoms with E-state index in [-0.39, 0.29) is 0 Å². The Morgan fingerprint density at radius 1 is 1.00 bits per heavy atom. The number of hydrogen-bond donors (Lipinski definition) is 0. The summed E-state index contributed by atoms with van der Waals surface area (Å²) in [7, 11) is 0.888. The van der Waals surface area contributed by atoms with Crippen molar-refractivity contribution in [2.45, 2.75) is 12.2 Å². The molecule has 0 bridgehead atoms. The lowest BCUT2D eigenvalue weighted by molar-refractivity contribution is 0.252. The molecule has 0 radical (unpaired) electrons. The van der Waals surface area contributed by atoms with E-state index in [4.69, 9.17) is 13.3 Å². The summed E-state index contributed by atoms with van der Waals surface area (Å²) in [5.41, 5.74) is 4.52. The molecule has 0 amide bonds. The largest absolute Gasteiger partial charge is 0.412 e. The van der Waals surface area contributed by atoms with E-state index in [9.17, 15) is 0 Å². The first-order valence-electron chi connectivity index (χ1n) is 4.44. The molecule has 5 heteroatoms. The lowest BCUT2D eigenvalue weighted by atomic mass is 11.2. The molecule has 82 valence electrons.